The van der Waals surface area contributed by atoms with Crippen LogP contribution in [0.2, 0.25) is 0 Å². The van der Waals surface area contributed by atoms with Crippen LogP contribution in [0.5, 0.6) is 0 Å². The summed E-state index contributed by atoms with van der Waals surface area (Å²) in [6.07, 6.45) is 0.822. The second kappa shape index (κ2) is 5.27. The van der Waals surface area contributed by atoms with Gasteiger partial charge >= 0.3 is 11.7 Å². The molecule has 1 heterocycles. The lowest BCUT2D eigenvalue weighted by Crippen LogP contribution is -2.19. The van der Waals surface area contributed by atoms with Crippen molar-refractivity contribution in [3.05, 3.63) is 34.3 Å². The Balaban J connectivity index is 2.32. The van der Waals surface area contributed by atoms with Crippen molar-refractivity contribution in [3.8, 4) is 0 Å². The third-order valence-corrected chi connectivity index (χ3v) is 2.90. The van der Waals surface area contributed by atoms with Crippen molar-refractivity contribution in [1.29, 1.82) is 0 Å². The van der Waals surface area contributed by atoms with Gasteiger partial charge in [0.1, 0.15) is 0 Å². The van der Waals surface area contributed by atoms with E-state index in [1.165, 1.54) is 16.7 Å². The fraction of sp³-hybridized carbons (Fsp3) is 0.385. The summed E-state index contributed by atoms with van der Waals surface area (Å²) < 4.78 is 6.61. The monoisotopic (exact) mass is 264 g/mol. The number of carbonyl (C=O) groups is 1. The number of nitrogens with zero attached hydrogens (tertiary/aromatic N) is 2. The van der Waals surface area contributed by atoms with E-state index >= 15 is 0 Å². The lowest BCUT2D eigenvalue weighted by atomic mass is 10.2. The van der Waals surface area contributed by atoms with E-state index in [0.717, 1.165) is 13.0 Å². The minimum Gasteiger partial charge on any atom is -0.478 e. The van der Waals surface area contributed by atoms with E-state index in [9.17, 15) is 9.59 Å². The number of carboxylic acid groups (broad SMARTS) is 1. The van der Waals surface area contributed by atoms with E-state index in [-0.39, 0.29) is 5.56 Å². The largest absolute Gasteiger partial charge is 0.478 e. The quantitative estimate of drug-likeness (QED) is 0.879. The fourth-order valence-electron chi connectivity index (χ4n) is 1.96. The van der Waals surface area contributed by atoms with Gasteiger partial charge in [0.15, 0.2) is 5.58 Å². The van der Waals surface area contributed by atoms with Crippen molar-refractivity contribution < 1.29 is 14.3 Å². The predicted octanol–water partition coefficient (Wildman–Crippen LogP) is 1.24. The second-order valence-corrected chi connectivity index (χ2v) is 4.66. The van der Waals surface area contributed by atoms with Gasteiger partial charge in [-0.1, -0.05) is 0 Å². The molecular weight excluding hydrogens is 248 g/mol. The molecule has 2 rings (SSSR count). The SMILES string of the molecule is CN(C)CCCn1c(=O)oc2cc(C(=O)O)ccc21. The summed E-state index contributed by atoms with van der Waals surface area (Å²) in [6, 6.07) is 4.46. The van der Waals surface area contributed by atoms with Crippen LogP contribution in [0.1, 0.15) is 16.8 Å². The first kappa shape index (κ1) is 13.4. The molecular formula is C13H16N2O4. The van der Waals surface area contributed by atoms with Crippen LogP contribution in [0.15, 0.2) is 27.4 Å². The number of fused-ring (bicyclic) bond motifs is 1. The summed E-state index contributed by atoms with van der Waals surface area (Å²) in [4.78, 5) is 24.6. The number of aromatic carboxylic acids is 1. The van der Waals surface area contributed by atoms with Crippen molar-refractivity contribution in [1.82, 2.24) is 9.47 Å². The van der Waals surface area contributed by atoms with Crippen LogP contribution in [0, 0.1) is 0 Å². The standard InChI is InChI=1S/C13H16N2O4/c1-14(2)6-3-7-15-10-5-4-9(12(16)17)8-11(10)19-13(15)18/h4-5,8H,3,6-7H2,1-2H3,(H,16,17). The highest BCUT2D eigenvalue weighted by Gasteiger charge is 2.11. The Morgan fingerprint density at radius 1 is 1.42 bits per heavy atom. The average Bonchev–Trinajstić information content (AvgIpc) is 2.64. The highest BCUT2D eigenvalue weighted by Crippen LogP contribution is 2.15. The highest BCUT2D eigenvalue weighted by molar-refractivity contribution is 5.91. The molecule has 19 heavy (non-hydrogen) atoms. The van der Waals surface area contributed by atoms with E-state index in [1.54, 1.807) is 6.07 Å². The van der Waals surface area contributed by atoms with Crippen LogP contribution in [0.3, 0.4) is 0 Å². The molecule has 0 saturated carbocycles. The van der Waals surface area contributed by atoms with Gasteiger partial charge in [-0.05, 0) is 45.3 Å². The highest BCUT2D eigenvalue weighted by atomic mass is 16.4. The number of aromatic nitrogens is 1. The van der Waals surface area contributed by atoms with Gasteiger partial charge in [0.25, 0.3) is 0 Å². The average molecular weight is 264 g/mol. The molecule has 0 unspecified atom stereocenters. The maximum absolute atomic E-state index is 11.7. The number of benzene rings is 1. The summed E-state index contributed by atoms with van der Waals surface area (Å²) in [5, 5.41) is 8.89. The van der Waals surface area contributed by atoms with Gasteiger partial charge in [0, 0.05) is 6.54 Å². The third kappa shape index (κ3) is 2.85. The van der Waals surface area contributed by atoms with E-state index < -0.39 is 11.7 Å². The summed E-state index contributed by atoms with van der Waals surface area (Å²) in [6.45, 7) is 1.42. The zero-order chi connectivity index (χ0) is 14.0. The maximum Gasteiger partial charge on any atom is 0.419 e. The van der Waals surface area contributed by atoms with E-state index in [1.807, 2.05) is 19.0 Å². The van der Waals surface area contributed by atoms with Gasteiger partial charge in [-0.15, -0.1) is 0 Å². The third-order valence-electron chi connectivity index (χ3n) is 2.90. The molecule has 2 aromatic rings. The van der Waals surface area contributed by atoms with Crippen LogP contribution in [0.4, 0.5) is 0 Å². The van der Waals surface area contributed by atoms with Gasteiger partial charge < -0.3 is 14.4 Å². The Labute approximate surface area is 109 Å². The summed E-state index contributed by atoms with van der Waals surface area (Å²) in [5.41, 5.74) is 1.06. The Hall–Kier alpha value is -2.08. The normalized spacial score (nSPS) is 11.3. The first-order valence-electron chi connectivity index (χ1n) is 6.00. The molecule has 102 valence electrons. The first-order valence-corrected chi connectivity index (χ1v) is 6.00. The number of hydrogen-bond donors (Lipinski definition) is 1. The number of hydrogen-bond acceptors (Lipinski definition) is 4. The molecule has 6 heteroatoms. The minimum absolute atomic E-state index is 0.113. The minimum atomic E-state index is -1.04. The van der Waals surface area contributed by atoms with Crippen LogP contribution >= 0.6 is 0 Å². The number of carboxylic acids is 1. The fourth-order valence-corrected chi connectivity index (χ4v) is 1.96. The molecule has 6 nitrogen and oxygen atoms in total. The lowest BCUT2D eigenvalue weighted by Gasteiger charge is -2.08. The molecule has 0 atom stereocenters. The Morgan fingerprint density at radius 2 is 2.16 bits per heavy atom. The lowest BCUT2D eigenvalue weighted by molar-refractivity contribution is 0.0697. The molecule has 0 bridgehead atoms. The zero-order valence-electron chi connectivity index (χ0n) is 10.9. The molecule has 0 spiro atoms. The van der Waals surface area contributed by atoms with E-state index in [2.05, 4.69) is 0 Å². The smallest absolute Gasteiger partial charge is 0.419 e. The van der Waals surface area contributed by atoms with Gasteiger partial charge in [0.05, 0.1) is 11.1 Å². The molecule has 0 saturated heterocycles. The summed E-state index contributed by atoms with van der Waals surface area (Å²) in [7, 11) is 3.94. The molecule has 0 radical (unpaired) electrons. The molecule has 0 fully saturated rings. The topological polar surface area (TPSA) is 75.7 Å². The number of aryl methyl sites for hydroxylation is 1. The Morgan fingerprint density at radius 3 is 2.79 bits per heavy atom. The molecule has 0 amide bonds. The molecule has 1 aromatic carbocycles. The second-order valence-electron chi connectivity index (χ2n) is 4.66. The van der Waals surface area contributed by atoms with Crippen LogP contribution in [0.25, 0.3) is 11.1 Å². The van der Waals surface area contributed by atoms with Gasteiger partial charge in [0.2, 0.25) is 0 Å². The summed E-state index contributed by atoms with van der Waals surface area (Å²) in [5.74, 6) is -1.48. The predicted molar refractivity (Wildman–Crippen MR) is 70.6 cm³/mol. The maximum atomic E-state index is 11.7. The van der Waals surface area contributed by atoms with E-state index in [4.69, 9.17) is 9.52 Å². The molecule has 1 aromatic heterocycles. The number of oxazole rings is 1. The Bertz CT molecular complexity index is 654. The molecule has 0 aliphatic heterocycles. The Kier molecular flexibility index (Phi) is 3.71. The van der Waals surface area contributed by atoms with Gasteiger partial charge in [-0.25, -0.2) is 9.59 Å². The van der Waals surface area contributed by atoms with Crippen molar-refractivity contribution in [2.45, 2.75) is 13.0 Å². The molecule has 0 aliphatic rings. The van der Waals surface area contributed by atoms with E-state index in [0.29, 0.717) is 17.6 Å². The van der Waals surface area contributed by atoms with Gasteiger partial charge in [-0.3, -0.25) is 4.57 Å². The number of rotatable bonds is 5. The molecule has 0 aliphatic carbocycles. The van der Waals surface area contributed by atoms with Gasteiger partial charge in [-0.2, -0.15) is 0 Å². The van der Waals surface area contributed by atoms with Crippen LogP contribution in [-0.2, 0) is 6.54 Å². The zero-order valence-corrected chi connectivity index (χ0v) is 10.9. The van der Waals surface area contributed by atoms with Crippen molar-refractivity contribution in [2.24, 2.45) is 0 Å². The van der Waals surface area contributed by atoms with Crippen molar-refractivity contribution in [2.75, 3.05) is 20.6 Å². The van der Waals surface area contributed by atoms with Crippen LogP contribution < -0.4 is 5.76 Å². The van der Waals surface area contributed by atoms with Crippen LogP contribution in [-0.4, -0.2) is 41.2 Å². The first-order chi connectivity index (χ1) is 8.99. The van der Waals surface area contributed by atoms with Crippen molar-refractivity contribution in [3.63, 3.8) is 0 Å². The summed E-state index contributed by atoms with van der Waals surface area (Å²) >= 11 is 0. The molecule has 1 N–H and O–H groups in total. The van der Waals surface area contributed by atoms with Crippen molar-refractivity contribution >= 4 is 17.1 Å².